The number of likely N-dealkylation sites (tertiary alicyclic amines) is 1. The van der Waals surface area contributed by atoms with Gasteiger partial charge >= 0.3 is 0 Å². The fourth-order valence-electron chi connectivity index (χ4n) is 4.14. The molecule has 2 aliphatic heterocycles. The first-order chi connectivity index (χ1) is 14.8. The van der Waals surface area contributed by atoms with Crippen LogP contribution in [0.5, 0.6) is 0 Å². The Labute approximate surface area is 180 Å². The zero-order valence-corrected chi connectivity index (χ0v) is 17.5. The third kappa shape index (κ3) is 4.25. The average Bonchev–Trinajstić information content (AvgIpc) is 3.08. The predicted octanol–water partition coefficient (Wildman–Crippen LogP) is 3.42. The van der Waals surface area contributed by atoms with E-state index in [0.717, 1.165) is 25.9 Å². The molecule has 0 spiro atoms. The number of hydrogen-bond donors (Lipinski definition) is 1. The number of fused-ring (bicyclic) bond motifs is 1. The normalized spacial score (nSPS) is 19.7. The van der Waals surface area contributed by atoms with Crippen LogP contribution in [-0.2, 0) is 4.79 Å². The van der Waals surface area contributed by atoms with Crippen LogP contribution in [0, 0.1) is 10.1 Å². The summed E-state index contributed by atoms with van der Waals surface area (Å²) in [5, 5.41) is 14.0. The Bertz CT molecular complexity index is 1070. The first-order valence-electron chi connectivity index (χ1n) is 10.3. The summed E-state index contributed by atoms with van der Waals surface area (Å²) in [5.74, 6) is -0.957. The molecule has 1 saturated heterocycles. The van der Waals surface area contributed by atoms with Gasteiger partial charge in [-0.1, -0.05) is 0 Å². The van der Waals surface area contributed by atoms with Crippen molar-refractivity contribution < 1.29 is 14.5 Å². The monoisotopic (exact) mass is 420 g/mol. The quantitative estimate of drug-likeness (QED) is 0.345. The smallest absolute Gasteiger partial charge is 0.269 e. The van der Waals surface area contributed by atoms with Crippen molar-refractivity contribution >= 4 is 28.8 Å². The highest BCUT2D eigenvalue weighted by atomic mass is 16.6. The van der Waals surface area contributed by atoms with Gasteiger partial charge in [-0.2, -0.15) is 0 Å². The van der Waals surface area contributed by atoms with Crippen LogP contribution in [0.2, 0.25) is 0 Å². The lowest BCUT2D eigenvalue weighted by Gasteiger charge is -2.28. The van der Waals surface area contributed by atoms with Crippen LogP contribution in [-0.4, -0.2) is 53.4 Å². The number of aliphatic imine (C=N–C) groups is 1. The highest BCUT2D eigenvalue weighted by Crippen LogP contribution is 2.37. The van der Waals surface area contributed by atoms with Gasteiger partial charge in [-0.3, -0.25) is 24.7 Å². The summed E-state index contributed by atoms with van der Waals surface area (Å²) in [5.41, 5.74) is 3.15. The van der Waals surface area contributed by atoms with E-state index in [9.17, 15) is 19.7 Å². The van der Waals surface area contributed by atoms with E-state index in [2.05, 4.69) is 17.3 Å². The van der Waals surface area contributed by atoms with E-state index in [1.807, 2.05) is 0 Å². The highest BCUT2D eigenvalue weighted by Gasteiger charge is 2.36. The molecule has 0 bridgehead atoms. The molecule has 4 rings (SSSR count). The van der Waals surface area contributed by atoms with E-state index in [0.29, 0.717) is 28.1 Å². The van der Waals surface area contributed by atoms with Gasteiger partial charge in [0, 0.05) is 23.4 Å². The number of nitrogens with zero attached hydrogens (tertiary/aromatic N) is 3. The molecule has 1 fully saturated rings. The largest absolute Gasteiger partial charge is 0.325 e. The van der Waals surface area contributed by atoms with Crippen LogP contribution in [0.25, 0.3) is 0 Å². The Kier molecular flexibility index (Phi) is 5.65. The molecule has 8 heteroatoms. The summed E-state index contributed by atoms with van der Waals surface area (Å²) < 4.78 is 0. The van der Waals surface area contributed by atoms with Gasteiger partial charge in [0.2, 0.25) is 5.91 Å². The molecule has 160 valence electrons. The van der Waals surface area contributed by atoms with Gasteiger partial charge in [-0.15, -0.1) is 0 Å². The van der Waals surface area contributed by atoms with E-state index >= 15 is 0 Å². The predicted molar refractivity (Wildman–Crippen MR) is 118 cm³/mol. The number of piperidine rings is 1. The molecule has 0 aliphatic carbocycles. The second-order valence-corrected chi connectivity index (χ2v) is 8.13. The third-order valence-corrected chi connectivity index (χ3v) is 5.95. The van der Waals surface area contributed by atoms with Crippen LogP contribution >= 0.6 is 0 Å². The number of ketones is 1. The second kappa shape index (κ2) is 8.39. The van der Waals surface area contributed by atoms with Crippen molar-refractivity contribution in [1.82, 2.24) is 4.90 Å². The van der Waals surface area contributed by atoms with Gasteiger partial charge in [-0.25, -0.2) is 0 Å². The van der Waals surface area contributed by atoms with Crippen molar-refractivity contribution in [3.63, 3.8) is 0 Å². The van der Waals surface area contributed by atoms with Crippen molar-refractivity contribution in [2.24, 2.45) is 4.99 Å². The summed E-state index contributed by atoms with van der Waals surface area (Å²) in [6, 6.07) is 11.4. The molecular weight excluding hydrogens is 396 g/mol. The van der Waals surface area contributed by atoms with Crippen LogP contribution in [0.15, 0.2) is 47.5 Å². The molecule has 2 aromatic rings. The van der Waals surface area contributed by atoms with E-state index in [4.69, 9.17) is 4.99 Å². The number of Topliss-reactive ketones (excluding diaryl/α,β-unsaturated/α-hetero) is 1. The Balaban J connectivity index is 1.79. The molecule has 0 aromatic heterocycles. The number of benzene rings is 2. The Morgan fingerprint density at radius 1 is 1.13 bits per heavy atom. The SMILES string of the molecule is CC(=O)c1ccc2c(c1)C(C(=NC1CCN(C)CC1)c1ccc([N+](=O)[O-])cc1)C(=O)N2. The zero-order chi connectivity index (χ0) is 22.1. The van der Waals surface area contributed by atoms with Crippen LogP contribution in [0.4, 0.5) is 11.4 Å². The number of hydrogen-bond acceptors (Lipinski definition) is 6. The van der Waals surface area contributed by atoms with E-state index in [1.165, 1.54) is 19.1 Å². The minimum atomic E-state index is -0.671. The van der Waals surface area contributed by atoms with Crippen molar-refractivity contribution in [2.75, 3.05) is 25.5 Å². The topological polar surface area (TPSA) is 105 Å². The summed E-state index contributed by atoms with van der Waals surface area (Å²) in [6.45, 7) is 3.33. The Morgan fingerprint density at radius 3 is 2.39 bits per heavy atom. The van der Waals surface area contributed by atoms with E-state index in [1.54, 1.807) is 30.3 Å². The number of non-ortho nitro benzene ring substituents is 1. The Morgan fingerprint density at radius 2 is 1.77 bits per heavy atom. The van der Waals surface area contributed by atoms with Crippen molar-refractivity contribution in [3.8, 4) is 0 Å². The lowest BCUT2D eigenvalue weighted by molar-refractivity contribution is -0.384. The molecule has 1 N–H and O–H groups in total. The number of anilines is 1. The molecule has 0 radical (unpaired) electrons. The first kappa shape index (κ1) is 20.9. The van der Waals surface area contributed by atoms with Gasteiger partial charge in [0.1, 0.15) is 5.92 Å². The molecule has 31 heavy (non-hydrogen) atoms. The first-order valence-corrected chi connectivity index (χ1v) is 10.3. The van der Waals surface area contributed by atoms with Gasteiger partial charge in [-0.05, 0) is 81.4 Å². The average molecular weight is 420 g/mol. The number of nitrogens with one attached hydrogen (secondary N) is 1. The van der Waals surface area contributed by atoms with Crippen LogP contribution in [0.1, 0.15) is 47.2 Å². The molecule has 2 heterocycles. The maximum Gasteiger partial charge on any atom is 0.269 e. The third-order valence-electron chi connectivity index (χ3n) is 5.95. The minimum absolute atomic E-state index is 0.0162. The van der Waals surface area contributed by atoms with Crippen molar-refractivity contribution in [1.29, 1.82) is 0 Å². The summed E-state index contributed by atoms with van der Waals surface area (Å²) in [4.78, 5) is 42.8. The number of rotatable bonds is 5. The molecular formula is C23H24N4O4. The lowest BCUT2D eigenvalue weighted by atomic mass is 9.89. The summed E-state index contributed by atoms with van der Waals surface area (Å²) >= 11 is 0. The van der Waals surface area contributed by atoms with E-state index < -0.39 is 10.8 Å². The number of carbonyl (C=O) groups excluding carboxylic acids is 2. The maximum atomic E-state index is 13.0. The van der Waals surface area contributed by atoms with Gasteiger partial charge in [0.05, 0.1) is 16.7 Å². The molecule has 1 unspecified atom stereocenters. The standard InChI is InChI=1S/C23H24N4O4/c1-14(28)16-5-8-20-19(13-16)21(23(29)25-20)22(24-17-9-11-26(2)12-10-17)15-3-6-18(7-4-15)27(30)31/h3-8,13,17,21H,9-12H2,1-2H3,(H,25,29). The maximum absolute atomic E-state index is 13.0. The zero-order valence-electron chi connectivity index (χ0n) is 17.5. The molecule has 1 atom stereocenters. The molecule has 2 aliphatic rings. The van der Waals surface area contributed by atoms with Crippen LogP contribution in [0.3, 0.4) is 0 Å². The highest BCUT2D eigenvalue weighted by molar-refractivity contribution is 6.24. The number of nitro benzene ring substituents is 1. The molecule has 8 nitrogen and oxygen atoms in total. The summed E-state index contributed by atoms with van der Waals surface area (Å²) in [7, 11) is 2.07. The summed E-state index contributed by atoms with van der Waals surface area (Å²) in [6.07, 6.45) is 1.75. The molecule has 0 saturated carbocycles. The number of nitro groups is 1. The van der Waals surface area contributed by atoms with Gasteiger partial charge in [0.25, 0.3) is 5.69 Å². The van der Waals surface area contributed by atoms with Crippen molar-refractivity contribution in [2.45, 2.75) is 31.7 Å². The molecule has 2 aromatic carbocycles. The van der Waals surface area contributed by atoms with Crippen LogP contribution < -0.4 is 5.32 Å². The fraction of sp³-hybridized carbons (Fsp3) is 0.348. The van der Waals surface area contributed by atoms with Crippen molar-refractivity contribution in [3.05, 3.63) is 69.3 Å². The lowest BCUT2D eigenvalue weighted by Crippen LogP contribution is -2.33. The Hall–Kier alpha value is -3.39. The van der Waals surface area contributed by atoms with Gasteiger partial charge in [0.15, 0.2) is 5.78 Å². The van der Waals surface area contributed by atoms with E-state index in [-0.39, 0.29) is 23.4 Å². The number of carbonyl (C=O) groups is 2. The fourth-order valence-corrected chi connectivity index (χ4v) is 4.14. The number of amides is 1. The second-order valence-electron chi connectivity index (χ2n) is 8.13. The molecule has 1 amide bonds. The van der Waals surface area contributed by atoms with Gasteiger partial charge < -0.3 is 10.2 Å². The minimum Gasteiger partial charge on any atom is -0.325 e.